The number of esters is 1. The Labute approximate surface area is 196 Å². The highest BCUT2D eigenvalue weighted by Crippen LogP contribution is 2.39. The number of piperidine rings is 1. The predicted octanol–water partition coefficient (Wildman–Crippen LogP) is 4.05. The number of Topliss-reactive ketones (excluding diaryl/α,β-unsaturated/α-hetero) is 1. The summed E-state index contributed by atoms with van der Waals surface area (Å²) in [5, 5.41) is 0.0835. The second-order valence-corrected chi connectivity index (χ2v) is 9.61. The molecular weight excluding hydrogens is 427 g/mol. The Morgan fingerprint density at radius 3 is 2.62 bits per heavy atom. The third kappa shape index (κ3) is 6.42. The largest absolute Gasteiger partial charge is 0.465 e. The maximum absolute atomic E-state index is 14.7. The van der Waals surface area contributed by atoms with Crippen LogP contribution in [0.15, 0.2) is 35.9 Å². The minimum atomic E-state index is -0.561. The average molecular weight is 463 g/mol. The van der Waals surface area contributed by atoms with E-state index in [1.165, 1.54) is 6.07 Å². The molecule has 1 saturated heterocycles. The number of likely N-dealkylation sites (tertiary alicyclic amines) is 1. The highest BCUT2D eigenvalue weighted by atomic mass is 32.1. The molecular formula is C25H35FN2O3S. The summed E-state index contributed by atoms with van der Waals surface area (Å²) >= 11 is 4.77. The van der Waals surface area contributed by atoms with Crippen LogP contribution in [0, 0.1) is 11.7 Å². The highest BCUT2D eigenvalue weighted by molar-refractivity contribution is 7.81. The van der Waals surface area contributed by atoms with Gasteiger partial charge in [-0.1, -0.05) is 24.3 Å². The number of ketones is 1. The van der Waals surface area contributed by atoms with E-state index in [0.717, 1.165) is 24.8 Å². The van der Waals surface area contributed by atoms with Crippen molar-refractivity contribution < 1.29 is 18.7 Å². The normalized spacial score (nSPS) is 21.8. The van der Waals surface area contributed by atoms with Crippen LogP contribution in [0.1, 0.15) is 51.6 Å². The van der Waals surface area contributed by atoms with Crippen molar-refractivity contribution >= 4 is 24.4 Å². The van der Waals surface area contributed by atoms with Gasteiger partial charge in [0.15, 0.2) is 5.78 Å². The number of nitrogens with zero attached hydrogens (tertiary/aromatic N) is 2. The van der Waals surface area contributed by atoms with Gasteiger partial charge in [-0.3, -0.25) is 19.4 Å². The Hall–Kier alpha value is -1.70. The summed E-state index contributed by atoms with van der Waals surface area (Å²) in [6, 6.07) is 6.23. The zero-order chi connectivity index (χ0) is 23.3. The van der Waals surface area contributed by atoms with Gasteiger partial charge in [0, 0.05) is 42.4 Å². The Balaban J connectivity index is 1.78. The molecule has 0 bridgehead atoms. The van der Waals surface area contributed by atoms with Crippen molar-refractivity contribution in [2.45, 2.75) is 57.4 Å². The second kappa shape index (κ2) is 11.4. The first kappa shape index (κ1) is 24.9. The molecule has 5 nitrogen and oxygen atoms in total. The number of carbonyl (C=O) groups excluding carboxylic acids is 2. The molecule has 2 aliphatic rings. The van der Waals surface area contributed by atoms with Crippen LogP contribution in [0.4, 0.5) is 4.39 Å². The molecule has 0 aromatic heterocycles. The van der Waals surface area contributed by atoms with Crippen LogP contribution in [0.5, 0.6) is 0 Å². The summed E-state index contributed by atoms with van der Waals surface area (Å²) in [7, 11) is 0. The van der Waals surface area contributed by atoms with Gasteiger partial charge >= 0.3 is 5.97 Å². The van der Waals surface area contributed by atoms with Gasteiger partial charge in [0.1, 0.15) is 5.82 Å². The van der Waals surface area contributed by atoms with E-state index >= 15 is 0 Å². The van der Waals surface area contributed by atoms with Crippen LogP contribution in [0.2, 0.25) is 0 Å². The Morgan fingerprint density at radius 1 is 1.28 bits per heavy atom. The minimum Gasteiger partial charge on any atom is -0.465 e. The number of benzene rings is 1. The maximum atomic E-state index is 14.7. The van der Waals surface area contributed by atoms with Gasteiger partial charge < -0.3 is 4.74 Å². The number of thiol groups is 1. The van der Waals surface area contributed by atoms with Gasteiger partial charge in [0.25, 0.3) is 0 Å². The molecule has 1 aromatic carbocycles. The molecule has 3 rings (SSSR count). The molecule has 0 radical (unpaired) electrons. The van der Waals surface area contributed by atoms with Gasteiger partial charge in [-0.2, -0.15) is 12.6 Å². The van der Waals surface area contributed by atoms with Crippen molar-refractivity contribution in [3.05, 3.63) is 47.3 Å². The molecule has 7 heteroatoms. The van der Waals surface area contributed by atoms with E-state index in [1.54, 1.807) is 25.1 Å². The van der Waals surface area contributed by atoms with Crippen LogP contribution in [-0.4, -0.2) is 65.6 Å². The number of carbonyl (C=O) groups is 2. The lowest BCUT2D eigenvalue weighted by atomic mass is 9.93. The fourth-order valence-electron chi connectivity index (χ4n) is 4.20. The summed E-state index contributed by atoms with van der Waals surface area (Å²) in [6.45, 7) is 8.35. The number of rotatable bonds is 10. The van der Waals surface area contributed by atoms with E-state index in [0.29, 0.717) is 31.8 Å². The molecule has 2 fully saturated rings. The van der Waals surface area contributed by atoms with Crippen LogP contribution >= 0.6 is 12.6 Å². The Morgan fingerprint density at radius 2 is 2.00 bits per heavy atom. The number of hydrogen-bond donors (Lipinski definition) is 1. The van der Waals surface area contributed by atoms with Crippen molar-refractivity contribution in [3.63, 3.8) is 0 Å². The molecule has 1 aromatic rings. The van der Waals surface area contributed by atoms with Gasteiger partial charge in [0.05, 0.1) is 19.2 Å². The number of ether oxygens (including phenoxy) is 1. The molecule has 1 aliphatic heterocycles. The van der Waals surface area contributed by atoms with Crippen molar-refractivity contribution in [2.75, 3.05) is 32.8 Å². The van der Waals surface area contributed by atoms with E-state index in [-0.39, 0.29) is 41.3 Å². The first-order valence-corrected chi connectivity index (χ1v) is 12.1. The highest BCUT2D eigenvalue weighted by Gasteiger charge is 2.40. The monoisotopic (exact) mass is 462 g/mol. The van der Waals surface area contributed by atoms with E-state index in [2.05, 4.69) is 11.0 Å². The quantitative estimate of drug-likeness (QED) is 0.323. The lowest BCUT2D eigenvalue weighted by Gasteiger charge is -2.38. The van der Waals surface area contributed by atoms with E-state index in [1.807, 2.05) is 18.7 Å². The molecule has 0 N–H and O–H groups in total. The van der Waals surface area contributed by atoms with Gasteiger partial charge in [0.2, 0.25) is 0 Å². The summed E-state index contributed by atoms with van der Waals surface area (Å²) in [6.07, 6.45) is 4.69. The molecule has 32 heavy (non-hydrogen) atoms. The van der Waals surface area contributed by atoms with Crippen LogP contribution in [-0.2, 0) is 14.3 Å². The molecule has 1 heterocycles. The fraction of sp³-hybridized carbons (Fsp3) is 0.600. The molecule has 2 atom stereocenters. The lowest BCUT2D eigenvalue weighted by Crippen LogP contribution is -2.43. The second-order valence-electron chi connectivity index (χ2n) is 8.98. The van der Waals surface area contributed by atoms with Crippen molar-refractivity contribution in [1.29, 1.82) is 0 Å². The van der Waals surface area contributed by atoms with Gasteiger partial charge in [-0.25, -0.2) is 4.39 Å². The van der Waals surface area contributed by atoms with E-state index in [4.69, 9.17) is 17.4 Å². The molecule has 0 spiro atoms. The molecule has 1 aliphatic carbocycles. The average Bonchev–Trinajstić information content (AvgIpc) is 3.59. The Kier molecular flexibility index (Phi) is 8.91. The Bertz CT molecular complexity index is 840. The summed E-state index contributed by atoms with van der Waals surface area (Å²) in [4.78, 5) is 29.3. The first-order valence-electron chi connectivity index (χ1n) is 11.6. The van der Waals surface area contributed by atoms with Gasteiger partial charge in [-0.15, -0.1) is 0 Å². The number of hydrogen-bond acceptors (Lipinski definition) is 6. The van der Waals surface area contributed by atoms with E-state index in [9.17, 15) is 14.0 Å². The standard InChI is InChI=1S/C25H35FN2O3S/c1-4-31-23(29)16-27(17(2)3)13-11-19-15-28(14-12-22(19)32)24(25(30)18-9-10-18)20-7-5-6-8-21(20)26/h5-8,11,17-18,22,24,32H,4,9-10,12-16H2,1-3H3/b19-11-. The predicted molar refractivity (Wildman–Crippen MR) is 127 cm³/mol. The summed E-state index contributed by atoms with van der Waals surface area (Å²) < 4.78 is 19.8. The third-order valence-electron chi connectivity index (χ3n) is 6.27. The molecule has 2 unspecified atom stereocenters. The summed E-state index contributed by atoms with van der Waals surface area (Å²) in [5.74, 6) is -0.396. The fourth-order valence-corrected chi connectivity index (χ4v) is 4.50. The zero-order valence-electron chi connectivity index (χ0n) is 19.3. The molecule has 1 saturated carbocycles. The smallest absolute Gasteiger partial charge is 0.320 e. The maximum Gasteiger partial charge on any atom is 0.320 e. The molecule has 0 amide bonds. The zero-order valence-corrected chi connectivity index (χ0v) is 20.2. The van der Waals surface area contributed by atoms with Crippen molar-refractivity contribution in [2.24, 2.45) is 5.92 Å². The lowest BCUT2D eigenvalue weighted by molar-refractivity contribution is -0.144. The number of halogens is 1. The topological polar surface area (TPSA) is 49.9 Å². The van der Waals surface area contributed by atoms with Crippen molar-refractivity contribution in [3.8, 4) is 0 Å². The van der Waals surface area contributed by atoms with Crippen LogP contribution < -0.4 is 0 Å². The minimum absolute atomic E-state index is 0.0433. The molecule has 176 valence electrons. The van der Waals surface area contributed by atoms with Crippen molar-refractivity contribution in [1.82, 2.24) is 9.80 Å². The first-order chi connectivity index (χ1) is 15.3. The SMILES string of the molecule is CCOC(=O)CN(C/C=C1/CN(C(C(=O)C2CC2)c2ccccc2F)CCC1S)C(C)C. The van der Waals surface area contributed by atoms with Gasteiger partial charge in [-0.05, 0) is 51.7 Å². The van der Waals surface area contributed by atoms with Crippen LogP contribution in [0.25, 0.3) is 0 Å². The van der Waals surface area contributed by atoms with E-state index < -0.39 is 6.04 Å². The third-order valence-corrected chi connectivity index (χ3v) is 6.86. The van der Waals surface area contributed by atoms with Crippen LogP contribution in [0.3, 0.4) is 0 Å². The summed E-state index contributed by atoms with van der Waals surface area (Å²) in [5.41, 5.74) is 1.58.